The second-order valence-electron chi connectivity index (χ2n) is 10.3. The molecule has 1 heterocycles. The monoisotopic (exact) mass is 708 g/mol. The summed E-state index contributed by atoms with van der Waals surface area (Å²) in [6.45, 7) is 4.34. The standard InChI is InChI=1S/C17H19ClN2O.C14H13F3N4O5S/c1-17(2,14-9-4-3-5-10-14)20-16(21)19-12-13-8-6-7-11-15(13)18;1-21(27(23,24)12(16)17)9-7(5-4-6-8(9)15)10(22)11-18-13(25-2)20-14(19-11)26-3/h3-11H,12H2,1-2H3,(H2,19,20,21);4-6,12H,1-3H3. The molecule has 4 rings (SSSR count). The summed E-state index contributed by atoms with van der Waals surface area (Å²) in [6.07, 6.45) is 0. The Morgan fingerprint density at radius 3 is 2.06 bits per heavy atom. The molecule has 0 aliphatic carbocycles. The number of ketones is 1. The van der Waals surface area contributed by atoms with Crippen molar-refractivity contribution < 1.29 is 40.7 Å². The molecule has 3 aromatic carbocycles. The van der Waals surface area contributed by atoms with Crippen LogP contribution < -0.4 is 24.4 Å². The third-order valence-electron chi connectivity index (χ3n) is 6.63. The summed E-state index contributed by atoms with van der Waals surface area (Å²) in [4.78, 5) is 35.8. The highest BCUT2D eigenvalue weighted by atomic mass is 35.5. The van der Waals surface area contributed by atoms with Gasteiger partial charge in [0.1, 0.15) is 5.82 Å². The van der Waals surface area contributed by atoms with E-state index < -0.39 is 50.0 Å². The van der Waals surface area contributed by atoms with E-state index >= 15 is 0 Å². The minimum Gasteiger partial charge on any atom is -0.467 e. The Morgan fingerprint density at radius 2 is 1.50 bits per heavy atom. The van der Waals surface area contributed by atoms with E-state index in [1.54, 1.807) is 0 Å². The van der Waals surface area contributed by atoms with Gasteiger partial charge in [-0.2, -0.15) is 18.7 Å². The number of rotatable bonds is 11. The molecule has 0 saturated heterocycles. The predicted octanol–water partition coefficient (Wildman–Crippen LogP) is 5.32. The van der Waals surface area contributed by atoms with Crippen LogP contribution in [-0.2, 0) is 22.1 Å². The fourth-order valence-electron chi connectivity index (χ4n) is 4.08. The lowest BCUT2D eigenvalue weighted by Crippen LogP contribution is -2.46. The van der Waals surface area contributed by atoms with Crippen LogP contribution in [-0.4, -0.2) is 62.2 Å². The van der Waals surface area contributed by atoms with Crippen molar-refractivity contribution in [2.24, 2.45) is 0 Å². The molecule has 0 aliphatic heterocycles. The van der Waals surface area contributed by atoms with E-state index in [9.17, 15) is 31.2 Å². The number of nitrogens with zero attached hydrogens (tertiary/aromatic N) is 4. The number of sulfonamides is 1. The van der Waals surface area contributed by atoms with Gasteiger partial charge in [0, 0.05) is 18.6 Å². The quantitative estimate of drug-likeness (QED) is 0.197. The number of carbonyl (C=O) groups excluding carboxylic acids is 2. The number of anilines is 1. The first-order valence-electron chi connectivity index (χ1n) is 13.9. The average Bonchev–Trinajstić information content (AvgIpc) is 3.07. The molecular formula is C31H32ClF3N6O6S. The number of para-hydroxylation sites is 1. The zero-order chi connectivity index (χ0) is 35.6. The van der Waals surface area contributed by atoms with Crippen molar-refractivity contribution in [3.8, 4) is 12.0 Å². The van der Waals surface area contributed by atoms with Crippen molar-refractivity contribution in [1.29, 1.82) is 0 Å². The Morgan fingerprint density at radius 1 is 0.917 bits per heavy atom. The van der Waals surface area contributed by atoms with Crippen molar-refractivity contribution in [2.45, 2.75) is 31.7 Å². The molecule has 12 nitrogen and oxygen atoms in total. The first-order valence-corrected chi connectivity index (χ1v) is 15.8. The van der Waals surface area contributed by atoms with E-state index in [1.807, 2.05) is 68.4 Å². The van der Waals surface area contributed by atoms with E-state index in [0.717, 1.165) is 29.3 Å². The highest BCUT2D eigenvalue weighted by Crippen LogP contribution is 2.29. The van der Waals surface area contributed by atoms with Gasteiger partial charge in [0.25, 0.3) is 10.0 Å². The molecule has 4 aromatic rings. The highest BCUT2D eigenvalue weighted by Gasteiger charge is 2.34. The molecule has 0 radical (unpaired) electrons. The number of hydrogen-bond donors (Lipinski definition) is 2. The van der Waals surface area contributed by atoms with Gasteiger partial charge >= 0.3 is 23.8 Å². The van der Waals surface area contributed by atoms with Gasteiger partial charge in [0.15, 0.2) is 0 Å². The van der Waals surface area contributed by atoms with Crippen molar-refractivity contribution in [1.82, 2.24) is 25.6 Å². The van der Waals surface area contributed by atoms with E-state index in [0.29, 0.717) is 18.6 Å². The van der Waals surface area contributed by atoms with E-state index in [1.165, 1.54) is 14.2 Å². The lowest BCUT2D eigenvalue weighted by molar-refractivity contribution is 0.102. The van der Waals surface area contributed by atoms with Crippen molar-refractivity contribution >= 4 is 39.1 Å². The molecule has 0 spiro atoms. The topological polar surface area (TPSA) is 153 Å². The van der Waals surface area contributed by atoms with Crippen LogP contribution in [0, 0.1) is 5.82 Å². The van der Waals surface area contributed by atoms with Crippen LogP contribution in [0.1, 0.15) is 41.2 Å². The van der Waals surface area contributed by atoms with Crippen LogP contribution in [0.15, 0.2) is 72.8 Å². The number of hydrogen-bond acceptors (Lipinski definition) is 9. The number of urea groups is 1. The molecule has 0 saturated carbocycles. The lowest BCUT2D eigenvalue weighted by Gasteiger charge is -2.27. The number of carbonyl (C=O) groups is 2. The number of methoxy groups -OCH3 is 2. The first-order chi connectivity index (χ1) is 22.6. The Hall–Kier alpha value is -4.96. The SMILES string of the molecule is CC(C)(NC(=O)NCc1ccccc1Cl)c1ccccc1.COc1nc(OC)nc(C(=O)c2cccc(F)c2N(C)S(=O)(=O)C(F)F)n1. The van der Waals surface area contributed by atoms with Gasteiger partial charge < -0.3 is 20.1 Å². The maximum absolute atomic E-state index is 14.3. The number of alkyl halides is 2. The molecule has 0 bridgehead atoms. The average molecular weight is 709 g/mol. The molecule has 2 amide bonds. The molecule has 48 heavy (non-hydrogen) atoms. The van der Waals surface area contributed by atoms with Gasteiger partial charge in [-0.15, -0.1) is 4.98 Å². The van der Waals surface area contributed by atoms with Crippen LogP contribution in [0.3, 0.4) is 0 Å². The largest absolute Gasteiger partial charge is 0.467 e. The summed E-state index contributed by atoms with van der Waals surface area (Å²) in [5, 5.41) is 6.45. The minimum absolute atomic E-state index is 0.00408. The number of aromatic nitrogens is 3. The van der Waals surface area contributed by atoms with Gasteiger partial charge in [0.05, 0.1) is 31.0 Å². The Labute approximate surface area is 280 Å². The van der Waals surface area contributed by atoms with Crippen LogP contribution in [0.25, 0.3) is 0 Å². The van der Waals surface area contributed by atoms with Gasteiger partial charge in [0.2, 0.25) is 11.6 Å². The number of halogens is 4. The van der Waals surface area contributed by atoms with Crippen molar-refractivity contribution in [3.05, 3.63) is 106 Å². The smallest absolute Gasteiger partial charge is 0.355 e. The van der Waals surface area contributed by atoms with Gasteiger partial charge in [-0.25, -0.2) is 17.6 Å². The van der Waals surface area contributed by atoms with Crippen LogP contribution >= 0.6 is 11.6 Å². The second-order valence-corrected chi connectivity index (χ2v) is 12.6. The Balaban J connectivity index is 0.000000269. The minimum atomic E-state index is -5.21. The van der Waals surface area contributed by atoms with E-state index in [-0.39, 0.29) is 22.4 Å². The first kappa shape index (κ1) is 37.5. The number of ether oxygens (including phenoxy) is 2. The third kappa shape index (κ3) is 9.32. The zero-order valence-electron chi connectivity index (χ0n) is 26.4. The number of nitrogens with one attached hydrogen (secondary N) is 2. The molecule has 0 atom stereocenters. The number of amides is 2. The fourth-order valence-corrected chi connectivity index (χ4v) is 4.96. The van der Waals surface area contributed by atoms with Crippen LogP contribution in [0.4, 0.5) is 23.7 Å². The molecule has 17 heteroatoms. The molecule has 1 aromatic heterocycles. The summed E-state index contributed by atoms with van der Waals surface area (Å²) < 4.78 is 72.9. The van der Waals surface area contributed by atoms with E-state index in [4.69, 9.17) is 21.1 Å². The molecule has 0 aliphatic rings. The van der Waals surface area contributed by atoms with E-state index in [2.05, 4.69) is 25.6 Å². The Kier molecular flexibility index (Phi) is 12.7. The zero-order valence-corrected chi connectivity index (χ0v) is 27.9. The maximum Gasteiger partial charge on any atom is 0.355 e. The highest BCUT2D eigenvalue weighted by molar-refractivity contribution is 7.93. The van der Waals surface area contributed by atoms with Gasteiger partial charge in [-0.3, -0.25) is 9.10 Å². The molecule has 256 valence electrons. The molecule has 2 N–H and O–H groups in total. The molecule has 0 fully saturated rings. The molecular weight excluding hydrogens is 677 g/mol. The predicted molar refractivity (Wildman–Crippen MR) is 172 cm³/mol. The maximum atomic E-state index is 14.3. The van der Waals surface area contributed by atoms with Crippen molar-refractivity contribution in [2.75, 3.05) is 25.6 Å². The Bertz CT molecular complexity index is 1830. The summed E-state index contributed by atoms with van der Waals surface area (Å²) in [6, 6.07) is 19.5. The van der Waals surface area contributed by atoms with Crippen molar-refractivity contribution in [3.63, 3.8) is 0 Å². The summed E-state index contributed by atoms with van der Waals surface area (Å²) in [5.41, 5.74) is 0.0779. The second kappa shape index (κ2) is 16.2. The summed E-state index contributed by atoms with van der Waals surface area (Å²) >= 11 is 6.06. The normalized spacial score (nSPS) is 11.2. The molecule has 0 unspecified atom stereocenters. The van der Waals surface area contributed by atoms with Crippen LogP contribution in [0.2, 0.25) is 5.02 Å². The third-order valence-corrected chi connectivity index (χ3v) is 8.40. The van der Waals surface area contributed by atoms with Gasteiger partial charge in [-0.05, 0) is 43.2 Å². The fraction of sp³-hybridized carbons (Fsp3) is 0.258. The number of benzene rings is 3. The summed E-state index contributed by atoms with van der Waals surface area (Å²) in [5.74, 6) is -6.64. The van der Waals surface area contributed by atoms with Gasteiger partial charge in [-0.1, -0.05) is 66.2 Å². The lowest BCUT2D eigenvalue weighted by atomic mass is 9.95. The van der Waals surface area contributed by atoms with Crippen LogP contribution in [0.5, 0.6) is 12.0 Å². The summed E-state index contributed by atoms with van der Waals surface area (Å²) in [7, 11) is -2.10.